The predicted octanol–water partition coefficient (Wildman–Crippen LogP) is 4.59. The van der Waals surface area contributed by atoms with Gasteiger partial charge in [-0.1, -0.05) is 68.1 Å². The summed E-state index contributed by atoms with van der Waals surface area (Å²) in [6.45, 7) is 14.1. The second kappa shape index (κ2) is 13.2. The molecule has 206 valence electrons. The molecule has 0 saturated carbocycles. The fraction of sp³-hybridized carbons (Fsp3) is 0.433. The average Bonchev–Trinajstić information content (AvgIpc) is 2.88. The summed E-state index contributed by atoms with van der Waals surface area (Å²) in [4.78, 5) is 41.8. The van der Waals surface area contributed by atoms with Gasteiger partial charge in [0.1, 0.15) is 17.7 Å². The number of carbonyl (C=O) groups is 3. The van der Waals surface area contributed by atoms with Crippen molar-refractivity contribution < 1.29 is 24.2 Å². The van der Waals surface area contributed by atoms with Crippen LogP contribution in [0.3, 0.4) is 0 Å². The van der Waals surface area contributed by atoms with Crippen molar-refractivity contribution >= 4 is 24.0 Å². The Morgan fingerprint density at radius 3 is 2.26 bits per heavy atom. The van der Waals surface area contributed by atoms with Crippen LogP contribution in [0.25, 0.3) is 6.08 Å². The minimum atomic E-state index is -1.32. The first-order valence-electron chi connectivity index (χ1n) is 12.8. The van der Waals surface area contributed by atoms with Gasteiger partial charge in [-0.3, -0.25) is 9.59 Å². The first-order chi connectivity index (χ1) is 17.8. The number of ether oxygens (including phenoxy) is 1. The summed E-state index contributed by atoms with van der Waals surface area (Å²) < 4.78 is 5.30. The third-order valence-electron chi connectivity index (χ3n) is 6.20. The van der Waals surface area contributed by atoms with E-state index in [1.54, 1.807) is 45.0 Å². The van der Waals surface area contributed by atoms with Crippen LogP contribution in [0.1, 0.15) is 70.7 Å². The number of aliphatic hydroxyl groups is 1. The van der Waals surface area contributed by atoms with Gasteiger partial charge in [-0.25, -0.2) is 4.79 Å². The molecule has 0 aromatic heterocycles. The van der Waals surface area contributed by atoms with E-state index in [1.807, 2.05) is 57.2 Å². The van der Waals surface area contributed by atoms with E-state index < -0.39 is 41.8 Å². The number of rotatable bonds is 11. The van der Waals surface area contributed by atoms with E-state index in [9.17, 15) is 19.5 Å². The number of aliphatic hydroxyl groups excluding tert-OH is 1. The summed E-state index contributed by atoms with van der Waals surface area (Å²) in [6.07, 6.45) is 1.34. The van der Waals surface area contributed by atoms with Crippen LogP contribution in [0, 0.1) is 0 Å². The molecule has 2 atom stereocenters. The fourth-order valence-electron chi connectivity index (χ4n) is 3.90. The highest BCUT2D eigenvalue weighted by Crippen LogP contribution is 2.32. The second-order valence-electron chi connectivity index (χ2n) is 10.7. The van der Waals surface area contributed by atoms with Crippen LogP contribution in [-0.4, -0.2) is 51.7 Å². The predicted molar refractivity (Wildman–Crippen MR) is 149 cm³/mol. The van der Waals surface area contributed by atoms with Crippen molar-refractivity contribution in [1.29, 1.82) is 0 Å². The molecule has 0 heterocycles. The van der Waals surface area contributed by atoms with Gasteiger partial charge in [-0.15, -0.1) is 0 Å². The van der Waals surface area contributed by atoms with Gasteiger partial charge in [0.2, 0.25) is 11.8 Å². The first kappa shape index (κ1) is 30.6. The van der Waals surface area contributed by atoms with Gasteiger partial charge in [0.15, 0.2) is 0 Å². The van der Waals surface area contributed by atoms with Gasteiger partial charge in [-0.2, -0.15) is 0 Å². The van der Waals surface area contributed by atoms with Crippen molar-refractivity contribution in [3.05, 3.63) is 77.9 Å². The highest BCUT2D eigenvalue weighted by molar-refractivity contribution is 5.92. The molecular formula is C30H41N3O5. The van der Waals surface area contributed by atoms with Crippen LogP contribution < -0.4 is 10.6 Å². The number of carbonyl (C=O) groups excluding carboxylic acids is 3. The third kappa shape index (κ3) is 8.45. The minimum absolute atomic E-state index is 0.269. The summed E-state index contributed by atoms with van der Waals surface area (Å²) >= 11 is 0. The maximum Gasteiger partial charge on any atom is 0.408 e. The lowest BCUT2D eigenvalue weighted by atomic mass is 9.91. The van der Waals surface area contributed by atoms with E-state index in [-0.39, 0.29) is 12.5 Å². The fourth-order valence-corrected chi connectivity index (χ4v) is 3.90. The minimum Gasteiger partial charge on any atom is -0.444 e. The molecule has 0 radical (unpaired) electrons. The second-order valence-corrected chi connectivity index (χ2v) is 10.7. The molecule has 0 saturated heterocycles. The van der Waals surface area contributed by atoms with E-state index in [4.69, 9.17) is 4.74 Å². The van der Waals surface area contributed by atoms with Crippen molar-refractivity contribution in [2.75, 3.05) is 6.61 Å². The van der Waals surface area contributed by atoms with E-state index in [0.717, 1.165) is 11.1 Å². The van der Waals surface area contributed by atoms with Crippen LogP contribution in [0.4, 0.5) is 4.79 Å². The molecule has 0 fully saturated rings. The van der Waals surface area contributed by atoms with Crippen LogP contribution in [0.2, 0.25) is 0 Å². The van der Waals surface area contributed by atoms with Crippen molar-refractivity contribution in [3.63, 3.8) is 0 Å². The Morgan fingerprint density at radius 1 is 1.05 bits per heavy atom. The highest BCUT2D eigenvalue weighted by Gasteiger charge is 2.43. The Kier molecular flexibility index (Phi) is 10.6. The van der Waals surface area contributed by atoms with Crippen molar-refractivity contribution in [2.24, 2.45) is 0 Å². The smallest absolute Gasteiger partial charge is 0.408 e. The summed E-state index contributed by atoms with van der Waals surface area (Å²) in [7, 11) is 0. The largest absolute Gasteiger partial charge is 0.444 e. The zero-order valence-corrected chi connectivity index (χ0v) is 23.3. The normalized spacial score (nSPS) is 13.1. The van der Waals surface area contributed by atoms with Crippen LogP contribution in [-0.2, 0) is 20.9 Å². The number of hydrogen-bond acceptors (Lipinski definition) is 5. The van der Waals surface area contributed by atoms with E-state index in [2.05, 4.69) is 17.2 Å². The first-order valence-corrected chi connectivity index (χ1v) is 12.8. The van der Waals surface area contributed by atoms with Gasteiger partial charge in [0.25, 0.3) is 0 Å². The molecule has 0 aliphatic rings. The molecule has 0 aliphatic heterocycles. The Balaban J connectivity index is 2.54. The summed E-state index contributed by atoms with van der Waals surface area (Å²) in [5.41, 5.74) is 0.666. The summed E-state index contributed by atoms with van der Waals surface area (Å²) in [5.74, 6) is -0.993. The van der Waals surface area contributed by atoms with Crippen LogP contribution in [0.5, 0.6) is 0 Å². The third-order valence-corrected chi connectivity index (χ3v) is 6.20. The van der Waals surface area contributed by atoms with Crippen molar-refractivity contribution in [2.45, 2.75) is 77.7 Å². The Labute approximate surface area is 226 Å². The SMILES string of the molecule is C=Cc1cccc(C(C(=O)NCc2ccccc2)N(C(=O)C(CO)NC(=O)OC(C)(C)C)C(C)(C)CC)c1. The van der Waals surface area contributed by atoms with Crippen LogP contribution in [0.15, 0.2) is 61.2 Å². The molecular weight excluding hydrogens is 482 g/mol. The highest BCUT2D eigenvalue weighted by atomic mass is 16.6. The number of amides is 3. The number of nitrogens with zero attached hydrogens (tertiary/aromatic N) is 1. The Bertz CT molecular complexity index is 1110. The van der Waals surface area contributed by atoms with Gasteiger partial charge < -0.3 is 25.4 Å². The van der Waals surface area contributed by atoms with Gasteiger partial charge in [-0.05, 0) is 63.8 Å². The maximum atomic E-state index is 14.0. The number of nitrogens with one attached hydrogen (secondary N) is 2. The molecule has 0 aliphatic carbocycles. The lowest BCUT2D eigenvalue weighted by Crippen LogP contribution is -2.60. The summed E-state index contributed by atoms with van der Waals surface area (Å²) in [5, 5.41) is 15.6. The quantitative estimate of drug-likeness (QED) is 0.399. The van der Waals surface area contributed by atoms with Crippen molar-refractivity contribution in [3.8, 4) is 0 Å². The van der Waals surface area contributed by atoms with Gasteiger partial charge in [0.05, 0.1) is 6.61 Å². The zero-order chi connectivity index (χ0) is 28.5. The Hall–Kier alpha value is -3.65. The number of benzene rings is 2. The van der Waals surface area contributed by atoms with E-state index >= 15 is 0 Å². The van der Waals surface area contributed by atoms with E-state index in [0.29, 0.717) is 12.0 Å². The molecule has 3 amide bonds. The zero-order valence-electron chi connectivity index (χ0n) is 23.3. The number of hydrogen-bond donors (Lipinski definition) is 3. The molecule has 3 N–H and O–H groups in total. The average molecular weight is 524 g/mol. The molecule has 0 spiro atoms. The molecule has 0 bridgehead atoms. The standard InChI is InChI=1S/C30H41N3O5/c1-8-21-16-13-17-23(18-21)25(26(35)31-19-22-14-11-10-12-15-22)33(30(6,7)9-2)27(36)24(20-34)32-28(37)38-29(3,4)5/h8,10-18,24-25,34H,1,9,19-20H2,2-7H3,(H,31,35)(H,32,37). The molecule has 38 heavy (non-hydrogen) atoms. The lowest BCUT2D eigenvalue weighted by Gasteiger charge is -2.44. The maximum absolute atomic E-state index is 14.0. The lowest BCUT2D eigenvalue weighted by molar-refractivity contribution is -0.150. The van der Waals surface area contributed by atoms with Gasteiger partial charge >= 0.3 is 6.09 Å². The topological polar surface area (TPSA) is 108 Å². The molecule has 8 heteroatoms. The molecule has 2 aromatic rings. The number of alkyl carbamates (subject to hydrolysis) is 1. The Morgan fingerprint density at radius 2 is 1.71 bits per heavy atom. The molecule has 2 unspecified atom stereocenters. The van der Waals surface area contributed by atoms with E-state index in [1.165, 1.54) is 4.90 Å². The molecule has 2 aromatic carbocycles. The molecule has 2 rings (SSSR count). The monoisotopic (exact) mass is 523 g/mol. The van der Waals surface area contributed by atoms with Gasteiger partial charge in [0, 0.05) is 12.1 Å². The molecule has 8 nitrogen and oxygen atoms in total. The van der Waals surface area contributed by atoms with Crippen LogP contribution >= 0.6 is 0 Å². The van der Waals surface area contributed by atoms with Crippen molar-refractivity contribution in [1.82, 2.24) is 15.5 Å². The summed E-state index contributed by atoms with van der Waals surface area (Å²) in [6, 6.07) is 14.3.